The molecule has 0 saturated heterocycles. The van der Waals surface area contributed by atoms with E-state index in [1.165, 1.54) is 7.05 Å². The summed E-state index contributed by atoms with van der Waals surface area (Å²) < 4.78 is 5.68. The normalized spacial score (nSPS) is 12.0. The summed E-state index contributed by atoms with van der Waals surface area (Å²) in [6, 6.07) is 3.92. The Morgan fingerprint density at radius 2 is 2.09 bits per heavy atom. The zero-order chi connectivity index (χ0) is 16.5. The van der Waals surface area contributed by atoms with Crippen LogP contribution in [0.25, 0.3) is 0 Å². The zero-order valence-corrected chi connectivity index (χ0v) is 13.9. The van der Waals surface area contributed by atoms with E-state index in [9.17, 15) is 15.3 Å². The fraction of sp³-hybridized carbons (Fsp3) is 0.615. The van der Waals surface area contributed by atoms with Gasteiger partial charge in [0.2, 0.25) is 0 Å². The Hall–Kier alpha value is -1.58. The van der Waals surface area contributed by atoms with Crippen LogP contribution >= 0.6 is 11.8 Å². The number of furan rings is 1. The Kier molecular flexibility index (Phi) is 7.92. The number of hydroxylamine groups is 2. The van der Waals surface area contributed by atoms with E-state index < -0.39 is 11.5 Å². The maximum absolute atomic E-state index is 10.4. The van der Waals surface area contributed by atoms with E-state index in [2.05, 4.69) is 4.99 Å². The Morgan fingerprint density at radius 3 is 2.68 bits per heavy atom. The summed E-state index contributed by atoms with van der Waals surface area (Å²) >= 11 is 1.63. The van der Waals surface area contributed by atoms with Crippen molar-refractivity contribution in [2.75, 3.05) is 40.0 Å². The molecule has 0 saturated carbocycles. The van der Waals surface area contributed by atoms with Crippen molar-refractivity contribution in [3.05, 3.63) is 33.8 Å². The van der Waals surface area contributed by atoms with E-state index >= 15 is 0 Å². The summed E-state index contributed by atoms with van der Waals surface area (Å²) in [5.74, 6) is 3.29. The Balaban J connectivity index is 2.32. The fourth-order valence-corrected chi connectivity index (χ4v) is 2.40. The van der Waals surface area contributed by atoms with Crippen molar-refractivity contribution in [2.24, 2.45) is 4.99 Å². The molecule has 124 valence electrons. The van der Waals surface area contributed by atoms with Crippen molar-refractivity contribution in [1.29, 1.82) is 0 Å². The Labute approximate surface area is 133 Å². The van der Waals surface area contributed by atoms with E-state index in [4.69, 9.17) is 4.42 Å². The second-order valence-corrected chi connectivity index (χ2v) is 6.08. The van der Waals surface area contributed by atoms with Crippen LogP contribution in [0.2, 0.25) is 0 Å². The summed E-state index contributed by atoms with van der Waals surface area (Å²) in [5.41, 5.74) is 0. The van der Waals surface area contributed by atoms with Crippen LogP contribution in [0.15, 0.2) is 21.5 Å². The summed E-state index contributed by atoms with van der Waals surface area (Å²) in [5, 5.41) is 20.4. The lowest BCUT2D eigenvalue weighted by atomic mass is 10.4. The number of hydrogen-bond donors (Lipinski definition) is 1. The van der Waals surface area contributed by atoms with E-state index in [1.807, 2.05) is 31.1 Å². The highest BCUT2D eigenvalue weighted by Gasteiger charge is 2.10. The molecule has 0 spiro atoms. The predicted molar refractivity (Wildman–Crippen MR) is 86.0 cm³/mol. The fourth-order valence-electron chi connectivity index (χ4n) is 1.68. The highest BCUT2D eigenvalue weighted by molar-refractivity contribution is 7.98. The quantitative estimate of drug-likeness (QED) is 0.241. The van der Waals surface area contributed by atoms with Gasteiger partial charge in [-0.3, -0.25) is 20.3 Å². The maximum atomic E-state index is 10.4. The van der Waals surface area contributed by atoms with Gasteiger partial charge in [0.1, 0.15) is 11.5 Å². The van der Waals surface area contributed by atoms with Crippen molar-refractivity contribution in [1.82, 2.24) is 9.96 Å². The molecule has 1 rings (SSSR count). The molecule has 0 aliphatic heterocycles. The predicted octanol–water partition coefficient (Wildman–Crippen LogP) is 1.57. The van der Waals surface area contributed by atoms with Gasteiger partial charge >= 0.3 is 0 Å². The third kappa shape index (κ3) is 7.43. The van der Waals surface area contributed by atoms with Gasteiger partial charge in [0, 0.05) is 17.7 Å². The molecule has 0 radical (unpaired) electrons. The van der Waals surface area contributed by atoms with Gasteiger partial charge in [0.25, 0.3) is 6.54 Å². The molecule has 1 N–H and O–H groups in total. The van der Waals surface area contributed by atoms with E-state index in [0.717, 1.165) is 23.8 Å². The molecule has 0 atom stereocenters. The first-order valence-electron chi connectivity index (χ1n) is 6.76. The number of nitro groups is 1. The number of likely N-dealkylation sites (N-methyl/N-ethyl adjacent to an activating group) is 1. The number of rotatable bonds is 9. The third-order valence-electron chi connectivity index (χ3n) is 2.61. The van der Waals surface area contributed by atoms with Crippen LogP contribution in [-0.2, 0) is 12.3 Å². The zero-order valence-electron chi connectivity index (χ0n) is 13.1. The monoisotopic (exact) mass is 330 g/mol. The van der Waals surface area contributed by atoms with Gasteiger partial charge < -0.3 is 9.32 Å². The number of nitrogens with zero attached hydrogens (tertiary/aromatic N) is 4. The van der Waals surface area contributed by atoms with Crippen molar-refractivity contribution in [3.8, 4) is 0 Å². The van der Waals surface area contributed by atoms with Crippen LogP contribution in [0, 0.1) is 10.1 Å². The van der Waals surface area contributed by atoms with Gasteiger partial charge in [-0.2, -0.15) is 11.8 Å². The average Bonchev–Trinajstić information content (AvgIpc) is 2.83. The van der Waals surface area contributed by atoms with Crippen LogP contribution in [0.3, 0.4) is 0 Å². The molecule has 0 unspecified atom stereocenters. The largest absolute Gasteiger partial charge is 0.464 e. The van der Waals surface area contributed by atoms with Gasteiger partial charge in [-0.25, -0.2) is 5.06 Å². The molecule has 1 heterocycles. The van der Waals surface area contributed by atoms with Crippen LogP contribution < -0.4 is 0 Å². The third-order valence-corrected chi connectivity index (χ3v) is 3.57. The van der Waals surface area contributed by atoms with Gasteiger partial charge in [-0.15, -0.1) is 0 Å². The molecule has 0 fully saturated rings. The number of aliphatic imine (C=N–C) groups is 1. The first kappa shape index (κ1) is 18.5. The minimum absolute atomic E-state index is 0.0527. The van der Waals surface area contributed by atoms with Crippen LogP contribution in [0.4, 0.5) is 0 Å². The lowest BCUT2D eigenvalue weighted by molar-refractivity contribution is -0.465. The first-order chi connectivity index (χ1) is 10.4. The van der Waals surface area contributed by atoms with Gasteiger partial charge in [-0.1, -0.05) is 0 Å². The average molecular weight is 330 g/mol. The van der Waals surface area contributed by atoms with Gasteiger partial charge in [-0.05, 0) is 26.2 Å². The molecule has 0 aliphatic carbocycles. The number of thioether (sulfide) groups is 1. The van der Waals surface area contributed by atoms with Gasteiger partial charge in [0.15, 0.2) is 5.84 Å². The summed E-state index contributed by atoms with van der Waals surface area (Å²) in [6.07, 6.45) is 0. The Bertz CT molecular complexity index is 502. The van der Waals surface area contributed by atoms with E-state index in [1.54, 1.807) is 11.8 Å². The Morgan fingerprint density at radius 1 is 1.41 bits per heavy atom. The highest BCUT2D eigenvalue weighted by Crippen LogP contribution is 2.16. The SMILES string of the molecule is CN(C)Cc1ccc(CSCCN=C(C[N+](=O)[O-])N(C)O)o1. The molecule has 0 aliphatic rings. The van der Waals surface area contributed by atoms with E-state index in [0.29, 0.717) is 17.4 Å². The van der Waals surface area contributed by atoms with Crippen molar-refractivity contribution in [3.63, 3.8) is 0 Å². The molecule has 9 heteroatoms. The topological polar surface area (TPSA) is 95.3 Å². The second kappa shape index (κ2) is 9.44. The van der Waals surface area contributed by atoms with Crippen molar-refractivity contribution < 1.29 is 14.5 Å². The lowest BCUT2D eigenvalue weighted by Crippen LogP contribution is -2.30. The standard InChI is InChI=1S/C13H22N4O4S/c1-15(2)8-11-4-5-12(21-11)10-22-7-6-14-13(16(3)18)9-17(19)20/h4-5,18H,6-10H2,1-3H3. The lowest BCUT2D eigenvalue weighted by Gasteiger charge is -2.09. The maximum Gasteiger partial charge on any atom is 0.262 e. The molecular weight excluding hydrogens is 308 g/mol. The summed E-state index contributed by atoms with van der Waals surface area (Å²) in [4.78, 5) is 16.0. The molecule has 8 nitrogen and oxygen atoms in total. The highest BCUT2D eigenvalue weighted by atomic mass is 32.2. The minimum Gasteiger partial charge on any atom is -0.464 e. The van der Waals surface area contributed by atoms with Crippen molar-refractivity contribution in [2.45, 2.75) is 12.3 Å². The number of amidine groups is 1. The summed E-state index contributed by atoms with van der Waals surface area (Å²) in [7, 11) is 5.29. The molecule has 1 aromatic heterocycles. The van der Waals surface area contributed by atoms with Crippen LogP contribution in [0.5, 0.6) is 0 Å². The van der Waals surface area contributed by atoms with Crippen LogP contribution in [0.1, 0.15) is 11.5 Å². The van der Waals surface area contributed by atoms with Crippen LogP contribution in [-0.4, -0.2) is 65.9 Å². The summed E-state index contributed by atoms with van der Waals surface area (Å²) in [6.45, 7) is 0.690. The molecule has 0 bridgehead atoms. The first-order valence-corrected chi connectivity index (χ1v) is 7.91. The van der Waals surface area contributed by atoms with Gasteiger partial charge in [0.05, 0.1) is 18.8 Å². The molecule has 1 aromatic rings. The molecule has 0 aromatic carbocycles. The smallest absolute Gasteiger partial charge is 0.262 e. The second-order valence-electron chi connectivity index (χ2n) is 4.97. The molecule has 22 heavy (non-hydrogen) atoms. The molecular formula is C13H22N4O4S. The molecule has 0 amide bonds. The van der Waals surface area contributed by atoms with E-state index in [-0.39, 0.29) is 5.84 Å². The van der Waals surface area contributed by atoms with Crippen molar-refractivity contribution >= 4 is 17.6 Å². The minimum atomic E-state index is -0.520. The number of hydrogen-bond acceptors (Lipinski definition) is 7.